The number of esters is 1. The highest BCUT2D eigenvalue weighted by atomic mass is 19.4. The van der Waals surface area contributed by atoms with Crippen LogP contribution in [0.1, 0.15) is 76.8 Å². The fourth-order valence-corrected chi connectivity index (χ4v) is 10.1. The maximum atomic E-state index is 12.9. The number of halogens is 3. The van der Waals surface area contributed by atoms with Crippen molar-refractivity contribution in [2.75, 3.05) is 5.01 Å². The smallest absolute Gasteiger partial charge is 0.456 e. The summed E-state index contributed by atoms with van der Waals surface area (Å²) in [6.07, 6.45) is 1.83. The number of ether oxygens (including phenoxy) is 1. The number of hydrazone groups is 1. The number of carbonyl (C=O) groups is 1. The van der Waals surface area contributed by atoms with Gasteiger partial charge in [0, 0.05) is 11.3 Å². The first-order valence-corrected chi connectivity index (χ1v) is 15.4. The van der Waals surface area contributed by atoms with E-state index in [-0.39, 0.29) is 16.9 Å². The van der Waals surface area contributed by atoms with Gasteiger partial charge in [0.1, 0.15) is 6.10 Å². The summed E-state index contributed by atoms with van der Waals surface area (Å²) < 4.78 is 43.5. The van der Waals surface area contributed by atoms with Crippen molar-refractivity contribution in [2.45, 2.75) is 83.5 Å². The second-order valence-electron chi connectivity index (χ2n) is 13.8. The van der Waals surface area contributed by atoms with Gasteiger partial charge in [-0.25, -0.2) is 4.79 Å². The molecule has 0 bridgehead atoms. The van der Waals surface area contributed by atoms with Crippen LogP contribution >= 0.6 is 0 Å². The standard InChI is InChI=1S/C34H39F3N2O2/c1-32-17-15-24(41-31(40)34(35,36)37)19-22(32)13-14-25-27(32)16-18-33(2)28(25)20-26-29(21-9-5-3-6-10-21)39(38-30(26)33)23-11-7-4-8-12-23/h3-12,22,24-29H,13-20H2,1-2H3/t22-,24-,25+,26+,27-,28-,29+,32-,33-/m0/s1. The molecule has 0 unspecified atom stereocenters. The average molecular weight is 565 g/mol. The Bertz CT molecular complexity index is 1330. The summed E-state index contributed by atoms with van der Waals surface area (Å²) in [5.41, 5.74) is 3.95. The van der Waals surface area contributed by atoms with Crippen molar-refractivity contribution in [1.29, 1.82) is 0 Å². The van der Waals surface area contributed by atoms with E-state index >= 15 is 0 Å². The van der Waals surface area contributed by atoms with Gasteiger partial charge in [-0.2, -0.15) is 18.3 Å². The molecule has 41 heavy (non-hydrogen) atoms. The van der Waals surface area contributed by atoms with E-state index in [0.29, 0.717) is 42.4 Å². The summed E-state index contributed by atoms with van der Waals surface area (Å²) in [7, 11) is 0. The van der Waals surface area contributed by atoms with Crippen molar-refractivity contribution in [3.8, 4) is 0 Å². The first kappa shape index (κ1) is 27.0. The van der Waals surface area contributed by atoms with Crippen LogP contribution in [0.2, 0.25) is 0 Å². The highest BCUT2D eigenvalue weighted by Crippen LogP contribution is 2.68. The lowest BCUT2D eigenvalue weighted by molar-refractivity contribution is -0.210. The third-order valence-corrected chi connectivity index (χ3v) is 12.0. The van der Waals surface area contributed by atoms with Crippen LogP contribution in [0.5, 0.6) is 0 Å². The fraction of sp³-hybridized carbons (Fsp3) is 0.588. The molecule has 0 radical (unpaired) electrons. The van der Waals surface area contributed by atoms with E-state index in [0.717, 1.165) is 44.2 Å². The fourth-order valence-electron chi connectivity index (χ4n) is 10.1. The van der Waals surface area contributed by atoms with E-state index in [1.54, 1.807) is 0 Å². The van der Waals surface area contributed by atoms with Crippen LogP contribution in [0, 0.1) is 40.4 Å². The summed E-state index contributed by atoms with van der Waals surface area (Å²) in [6, 6.07) is 21.5. The average Bonchev–Trinajstić information content (AvgIpc) is 3.48. The van der Waals surface area contributed by atoms with Gasteiger partial charge in [-0.05, 0) is 98.1 Å². The number of hydrogen-bond acceptors (Lipinski definition) is 4. The summed E-state index contributed by atoms with van der Waals surface area (Å²) in [6.45, 7) is 4.85. The zero-order valence-electron chi connectivity index (χ0n) is 23.8. The predicted molar refractivity (Wildman–Crippen MR) is 152 cm³/mol. The summed E-state index contributed by atoms with van der Waals surface area (Å²) in [5.74, 6) is 0.348. The highest BCUT2D eigenvalue weighted by molar-refractivity contribution is 5.98. The number of hydrogen-bond donors (Lipinski definition) is 0. The molecule has 4 aliphatic carbocycles. The molecular weight excluding hydrogens is 525 g/mol. The minimum atomic E-state index is -4.93. The van der Waals surface area contributed by atoms with Gasteiger partial charge in [-0.3, -0.25) is 5.01 Å². The van der Waals surface area contributed by atoms with E-state index < -0.39 is 18.2 Å². The van der Waals surface area contributed by atoms with Crippen LogP contribution in [-0.4, -0.2) is 24.0 Å². The minimum absolute atomic E-state index is 0.0605. The molecule has 218 valence electrons. The maximum absolute atomic E-state index is 12.9. The number of carbonyl (C=O) groups excluding carboxylic acids is 1. The largest absolute Gasteiger partial charge is 0.490 e. The van der Waals surface area contributed by atoms with Crippen LogP contribution in [0.25, 0.3) is 0 Å². The van der Waals surface area contributed by atoms with E-state index in [2.05, 4.69) is 73.5 Å². The summed E-state index contributed by atoms with van der Waals surface area (Å²) in [4.78, 5) is 11.5. The van der Waals surface area contributed by atoms with Crippen molar-refractivity contribution >= 4 is 17.4 Å². The Kier molecular flexibility index (Phi) is 6.33. The number of benzene rings is 2. The third-order valence-electron chi connectivity index (χ3n) is 12.0. The van der Waals surface area contributed by atoms with Crippen molar-refractivity contribution in [2.24, 2.45) is 45.5 Å². The predicted octanol–water partition coefficient (Wildman–Crippen LogP) is 8.35. The Morgan fingerprint density at radius 1 is 0.902 bits per heavy atom. The molecule has 7 heteroatoms. The Hall–Kier alpha value is -2.83. The molecule has 9 atom stereocenters. The highest BCUT2D eigenvalue weighted by Gasteiger charge is 2.64. The van der Waals surface area contributed by atoms with Gasteiger partial charge in [0.15, 0.2) is 0 Å². The van der Waals surface area contributed by atoms with E-state index in [9.17, 15) is 18.0 Å². The minimum Gasteiger partial charge on any atom is -0.456 e. The van der Waals surface area contributed by atoms with Crippen LogP contribution in [-0.2, 0) is 9.53 Å². The lowest BCUT2D eigenvalue weighted by atomic mass is 9.45. The Balaban J connectivity index is 1.15. The molecule has 4 saturated carbocycles. The second-order valence-corrected chi connectivity index (χ2v) is 13.8. The number of alkyl halides is 3. The molecule has 2 aromatic rings. The van der Waals surface area contributed by atoms with Gasteiger partial charge in [0.2, 0.25) is 0 Å². The molecule has 7 rings (SSSR count). The first-order chi connectivity index (χ1) is 19.6. The summed E-state index contributed by atoms with van der Waals surface area (Å²) in [5, 5.41) is 7.71. The molecule has 0 saturated heterocycles. The monoisotopic (exact) mass is 564 g/mol. The molecule has 1 heterocycles. The van der Waals surface area contributed by atoms with Gasteiger partial charge in [0.25, 0.3) is 0 Å². The molecule has 1 aliphatic heterocycles. The lowest BCUT2D eigenvalue weighted by Gasteiger charge is -2.60. The Labute approximate surface area is 240 Å². The molecule has 0 aromatic heterocycles. The number of fused-ring (bicyclic) bond motifs is 7. The van der Waals surface area contributed by atoms with Gasteiger partial charge in [-0.15, -0.1) is 0 Å². The Morgan fingerprint density at radius 3 is 2.32 bits per heavy atom. The molecule has 0 amide bonds. The molecule has 4 fully saturated rings. The lowest BCUT2D eigenvalue weighted by Crippen LogP contribution is -2.54. The van der Waals surface area contributed by atoms with Crippen LogP contribution < -0.4 is 5.01 Å². The van der Waals surface area contributed by atoms with Crippen LogP contribution in [0.15, 0.2) is 65.8 Å². The number of anilines is 1. The van der Waals surface area contributed by atoms with Crippen molar-refractivity contribution in [3.05, 3.63) is 66.2 Å². The quantitative estimate of drug-likeness (QED) is 0.352. The van der Waals surface area contributed by atoms with Gasteiger partial charge >= 0.3 is 12.1 Å². The summed E-state index contributed by atoms with van der Waals surface area (Å²) >= 11 is 0. The number of para-hydroxylation sites is 1. The second kappa shape index (κ2) is 9.60. The third kappa shape index (κ3) is 4.24. The number of rotatable bonds is 3. The van der Waals surface area contributed by atoms with Crippen molar-refractivity contribution in [3.63, 3.8) is 0 Å². The SMILES string of the molecule is C[C@]12CC[C@H](OC(=O)C(F)(F)F)C[C@@H]1CC[C@@H]1[C@@H]2CC[C@]2(C)C3=NN(c4ccccc4)[C@H](c4ccccc4)[C@H]3C[C@@H]12. The molecule has 0 N–H and O–H groups in total. The maximum Gasteiger partial charge on any atom is 0.490 e. The molecular formula is C34H39F3N2O2. The molecule has 2 aromatic carbocycles. The van der Waals surface area contributed by atoms with E-state index in [4.69, 9.17) is 9.84 Å². The van der Waals surface area contributed by atoms with Crippen molar-refractivity contribution in [1.82, 2.24) is 0 Å². The van der Waals surface area contributed by atoms with Gasteiger partial charge < -0.3 is 4.74 Å². The van der Waals surface area contributed by atoms with Crippen molar-refractivity contribution < 1.29 is 22.7 Å². The van der Waals surface area contributed by atoms with E-state index in [1.807, 2.05) is 6.07 Å². The molecule has 5 aliphatic rings. The van der Waals surface area contributed by atoms with Gasteiger partial charge in [0.05, 0.1) is 17.4 Å². The normalized spacial score (nSPS) is 39.7. The van der Waals surface area contributed by atoms with Crippen LogP contribution in [0.3, 0.4) is 0 Å². The number of nitrogens with zero attached hydrogens (tertiary/aromatic N) is 2. The Morgan fingerprint density at radius 2 is 1.61 bits per heavy atom. The first-order valence-electron chi connectivity index (χ1n) is 15.4. The molecule has 4 nitrogen and oxygen atoms in total. The van der Waals surface area contributed by atoms with Gasteiger partial charge in [-0.1, -0.05) is 62.4 Å². The zero-order chi connectivity index (χ0) is 28.6. The molecule has 0 spiro atoms. The zero-order valence-corrected chi connectivity index (χ0v) is 23.8. The van der Waals surface area contributed by atoms with Crippen LogP contribution in [0.4, 0.5) is 18.9 Å². The topological polar surface area (TPSA) is 41.9 Å². The van der Waals surface area contributed by atoms with E-state index in [1.165, 1.54) is 11.3 Å².